The van der Waals surface area contributed by atoms with Gasteiger partial charge < -0.3 is 9.88 Å². The van der Waals surface area contributed by atoms with Crippen molar-refractivity contribution in [1.82, 2.24) is 19.9 Å². The molecule has 2 rings (SSSR count). The molecule has 0 aliphatic carbocycles. The number of imidazole rings is 1. The smallest absolute Gasteiger partial charge is 0.141 e. The van der Waals surface area contributed by atoms with Gasteiger partial charge in [-0.2, -0.15) is 0 Å². The molecular formula is C12H15FN4. The van der Waals surface area contributed by atoms with Gasteiger partial charge in [0, 0.05) is 31.7 Å². The molecule has 0 aromatic carbocycles. The maximum atomic E-state index is 13.0. The van der Waals surface area contributed by atoms with E-state index in [4.69, 9.17) is 0 Å². The molecule has 0 spiro atoms. The van der Waals surface area contributed by atoms with Gasteiger partial charge in [-0.05, 0) is 18.6 Å². The Labute approximate surface area is 99.5 Å². The molecule has 4 nitrogen and oxygen atoms in total. The maximum absolute atomic E-state index is 13.0. The van der Waals surface area contributed by atoms with Crippen LogP contribution >= 0.6 is 0 Å². The zero-order valence-corrected chi connectivity index (χ0v) is 9.89. The van der Waals surface area contributed by atoms with Gasteiger partial charge in [-0.15, -0.1) is 0 Å². The van der Waals surface area contributed by atoms with E-state index in [0.717, 1.165) is 11.4 Å². The van der Waals surface area contributed by atoms with Crippen LogP contribution in [0.15, 0.2) is 30.9 Å². The Kier molecular flexibility index (Phi) is 3.49. The summed E-state index contributed by atoms with van der Waals surface area (Å²) in [4.78, 5) is 8.04. The van der Waals surface area contributed by atoms with Gasteiger partial charge in [0.15, 0.2) is 0 Å². The van der Waals surface area contributed by atoms with Crippen LogP contribution in [-0.4, -0.2) is 14.5 Å². The first kappa shape index (κ1) is 11.7. The predicted molar refractivity (Wildman–Crippen MR) is 62.7 cm³/mol. The van der Waals surface area contributed by atoms with Crippen LogP contribution in [0.25, 0.3) is 0 Å². The first-order chi connectivity index (χ1) is 8.16. The molecule has 5 heteroatoms. The number of pyridine rings is 1. The van der Waals surface area contributed by atoms with Crippen molar-refractivity contribution in [3.63, 3.8) is 0 Å². The first-order valence-electron chi connectivity index (χ1n) is 5.47. The van der Waals surface area contributed by atoms with E-state index >= 15 is 0 Å². The molecule has 0 bridgehead atoms. The summed E-state index contributed by atoms with van der Waals surface area (Å²) >= 11 is 0. The van der Waals surface area contributed by atoms with Crippen molar-refractivity contribution in [1.29, 1.82) is 0 Å². The summed E-state index contributed by atoms with van der Waals surface area (Å²) in [6.45, 7) is 2.61. The number of halogens is 1. The van der Waals surface area contributed by atoms with E-state index in [9.17, 15) is 4.39 Å². The van der Waals surface area contributed by atoms with Crippen molar-refractivity contribution in [2.24, 2.45) is 7.05 Å². The van der Waals surface area contributed by atoms with Crippen molar-refractivity contribution < 1.29 is 4.39 Å². The van der Waals surface area contributed by atoms with E-state index in [1.807, 2.05) is 24.7 Å². The van der Waals surface area contributed by atoms with E-state index in [-0.39, 0.29) is 11.9 Å². The average Bonchev–Trinajstić information content (AvgIpc) is 2.72. The van der Waals surface area contributed by atoms with Gasteiger partial charge in [-0.1, -0.05) is 0 Å². The van der Waals surface area contributed by atoms with Gasteiger partial charge in [-0.3, -0.25) is 4.98 Å². The first-order valence-corrected chi connectivity index (χ1v) is 5.47. The minimum absolute atomic E-state index is 0.0369. The third kappa shape index (κ3) is 2.88. The van der Waals surface area contributed by atoms with E-state index < -0.39 is 0 Å². The Morgan fingerprint density at radius 2 is 2.29 bits per heavy atom. The van der Waals surface area contributed by atoms with E-state index in [1.54, 1.807) is 12.4 Å². The second-order valence-corrected chi connectivity index (χ2v) is 3.99. The molecule has 0 aliphatic rings. The van der Waals surface area contributed by atoms with Crippen LogP contribution in [0.1, 0.15) is 24.4 Å². The lowest BCUT2D eigenvalue weighted by atomic mass is 10.1. The molecule has 0 fully saturated rings. The number of aryl methyl sites for hydroxylation is 1. The Bertz CT molecular complexity index is 495. The lowest BCUT2D eigenvalue weighted by molar-refractivity contribution is 0.540. The van der Waals surface area contributed by atoms with Crippen LogP contribution in [0.5, 0.6) is 0 Å². The number of aromatic nitrogens is 3. The molecule has 1 N–H and O–H groups in total. The molecule has 0 amide bonds. The standard InChI is InChI=1S/C12H15FN4/c1-9(10-5-11(13)7-14-6-10)16-8-12-15-3-4-17(12)2/h3-7,9,16H,8H2,1-2H3. The molecule has 0 radical (unpaired) electrons. The van der Waals surface area contributed by atoms with Crippen LogP contribution in [0.2, 0.25) is 0 Å². The molecule has 90 valence electrons. The van der Waals surface area contributed by atoms with Crippen LogP contribution in [0.3, 0.4) is 0 Å². The van der Waals surface area contributed by atoms with Crippen LogP contribution in [-0.2, 0) is 13.6 Å². The average molecular weight is 234 g/mol. The fourth-order valence-corrected chi connectivity index (χ4v) is 1.59. The van der Waals surface area contributed by atoms with Crippen molar-refractivity contribution in [3.8, 4) is 0 Å². The highest BCUT2D eigenvalue weighted by molar-refractivity contribution is 5.14. The van der Waals surface area contributed by atoms with Crippen LogP contribution in [0, 0.1) is 5.82 Å². The largest absolute Gasteiger partial charge is 0.337 e. The summed E-state index contributed by atoms with van der Waals surface area (Å²) in [5, 5.41) is 3.28. The third-order valence-electron chi connectivity index (χ3n) is 2.71. The van der Waals surface area contributed by atoms with Crippen molar-refractivity contribution in [3.05, 3.63) is 48.1 Å². The Hall–Kier alpha value is -1.75. The van der Waals surface area contributed by atoms with Crippen LogP contribution in [0.4, 0.5) is 4.39 Å². The second-order valence-electron chi connectivity index (χ2n) is 3.99. The molecule has 17 heavy (non-hydrogen) atoms. The van der Waals surface area contributed by atoms with Crippen molar-refractivity contribution >= 4 is 0 Å². The van der Waals surface area contributed by atoms with Gasteiger partial charge in [0.05, 0.1) is 12.7 Å². The second kappa shape index (κ2) is 5.05. The topological polar surface area (TPSA) is 42.7 Å². The quantitative estimate of drug-likeness (QED) is 0.877. The van der Waals surface area contributed by atoms with Gasteiger partial charge in [-0.25, -0.2) is 9.37 Å². The molecule has 1 unspecified atom stereocenters. The highest BCUT2D eigenvalue weighted by atomic mass is 19.1. The molecular weight excluding hydrogens is 219 g/mol. The summed E-state index contributed by atoms with van der Waals surface area (Å²) in [6, 6.07) is 1.53. The number of hydrogen-bond donors (Lipinski definition) is 1. The molecule has 1 atom stereocenters. The fourth-order valence-electron chi connectivity index (χ4n) is 1.59. The van der Waals surface area contributed by atoms with E-state index in [0.29, 0.717) is 6.54 Å². The summed E-state index contributed by atoms with van der Waals surface area (Å²) < 4.78 is 14.9. The Morgan fingerprint density at radius 3 is 2.94 bits per heavy atom. The lowest BCUT2D eigenvalue weighted by Crippen LogP contribution is -2.20. The fraction of sp³-hybridized carbons (Fsp3) is 0.333. The Balaban J connectivity index is 1.98. The van der Waals surface area contributed by atoms with Gasteiger partial charge in [0.2, 0.25) is 0 Å². The zero-order valence-electron chi connectivity index (χ0n) is 9.89. The van der Waals surface area contributed by atoms with Gasteiger partial charge in [0.25, 0.3) is 0 Å². The van der Waals surface area contributed by atoms with Gasteiger partial charge in [0.1, 0.15) is 11.6 Å². The van der Waals surface area contributed by atoms with Crippen molar-refractivity contribution in [2.75, 3.05) is 0 Å². The normalized spacial score (nSPS) is 12.6. The van der Waals surface area contributed by atoms with Crippen LogP contribution < -0.4 is 5.32 Å². The zero-order chi connectivity index (χ0) is 12.3. The van der Waals surface area contributed by atoms with Crippen molar-refractivity contribution in [2.45, 2.75) is 19.5 Å². The molecule has 2 aromatic heterocycles. The molecule has 0 aliphatic heterocycles. The lowest BCUT2D eigenvalue weighted by Gasteiger charge is -2.13. The van der Waals surface area contributed by atoms with E-state index in [1.165, 1.54) is 12.3 Å². The number of hydrogen-bond acceptors (Lipinski definition) is 3. The summed E-state index contributed by atoms with van der Waals surface area (Å²) in [5.74, 6) is 0.634. The maximum Gasteiger partial charge on any atom is 0.141 e. The number of nitrogens with zero attached hydrogens (tertiary/aromatic N) is 3. The Morgan fingerprint density at radius 1 is 1.47 bits per heavy atom. The summed E-state index contributed by atoms with van der Waals surface area (Å²) in [6.07, 6.45) is 6.52. The predicted octanol–water partition coefficient (Wildman–Crippen LogP) is 1.81. The molecule has 0 saturated carbocycles. The van der Waals surface area contributed by atoms with E-state index in [2.05, 4.69) is 15.3 Å². The molecule has 0 saturated heterocycles. The molecule has 2 heterocycles. The SMILES string of the molecule is CC(NCc1nccn1C)c1cncc(F)c1. The minimum atomic E-state index is -0.312. The number of nitrogens with one attached hydrogen (secondary N) is 1. The molecule has 2 aromatic rings. The minimum Gasteiger partial charge on any atom is -0.337 e. The summed E-state index contributed by atoms with van der Waals surface area (Å²) in [7, 11) is 1.94. The summed E-state index contributed by atoms with van der Waals surface area (Å²) in [5.41, 5.74) is 0.833. The highest BCUT2D eigenvalue weighted by Gasteiger charge is 2.07. The number of rotatable bonds is 4. The monoisotopic (exact) mass is 234 g/mol. The highest BCUT2D eigenvalue weighted by Crippen LogP contribution is 2.12. The third-order valence-corrected chi connectivity index (χ3v) is 2.71. The van der Waals surface area contributed by atoms with Gasteiger partial charge >= 0.3 is 0 Å².